The Morgan fingerprint density at radius 1 is 1.33 bits per heavy atom. The van der Waals surface area contributed by atoms with Crippen LogP contribution in [0.4, 0.5) is 0 Å². The second-order valence-electron chi connectivity index (χ2n) is 5.92. The summed E-state index contributed by atoms with van der Waals surface area (Å²) in [4.78, 5) is 33.7. The third-order valence-corrected chi connectivity index (χ3v) is 4.64. The van der Waals surface area contributed by atoms with Gasteiger partial charge >= 0.3 is 5.97 Å². The highest BCUT2D eigenvalue weighted by atomic mass is 17.3. The summed E-state index contributed by atoms with van der Waals surface area (Å²) in [5.74, 6) is -0.859. The van der Waals surface area contributed by atoms with E-state index in [1.54, 1.807) is 0 Å². The van der Waals surface area contributed by atoms with Gasteiger partial charge in [0.25, 0.3) is 0 Å². The smallest absolute Gasteiger partial charge is 0.302 e. The average molecular weight is 300 g/mol. The van der Waals surface area contributed by atoms with E-state index in [0.29, 0.717) is 12.8 Å². The molecule has 3 rings (SSSR count). The fourth-order valence-corrected chi connectivity index (χ4v) is 3.36. The molecule has 7 heteroatoms. The first-order valence-electron chi connectivity index (χ1n) is 7.28. The minimum absolute atomic E-state index is 0.131. The lowest BCUT2D eigenvalue weighted by atomic mass is 9.72. The van der Waals surface area contributed by atoms with E-state index in [-0.39, 0.29) is 30.2 Å². The molecule has 7 nitrogen and oxygen atoms in total. The summed E-state index contributed by atoms with van der Waals surface area (Å²) in [5.41, 5.74) is -0.874. The Morgan fingerprint density at radius 2 is 2.10 bits per heavy atom. The van der Waals surface area contributed by atoms with E-state index >= 15 is 0 Å². The third kappa shape index (κ3) is 2.28. The zero-order valence-corrected chi connectivity index (χ0v) is 12.4. The molecule has 0 N–H and O–H groups in total. The van der Waals surface area contributed by atoms with Crippen molar-refractivity contribution in [2.45, 2.75) is 57.9 Å². The van der Waals surface area contributed by atoms with Gasteiger partial charge in [0.15, 0.2) is 0 Å². The van der Waals surface area contributed by atoms with Crippen LogP contribution < -0.4 is 0 Å². The fraction of sp³-hybridized carbons (Fsp3) is 0.857. The second kappa shape index (κ2) is 5.31. The molecule has 6 atom stereocenters. The maximum absolute atomic E-state index is 12.5. The van der Waals surface area contributed by atoms with Crippen molar-refractivity contribution >= 4 is 11.8 Å². The lowest BCUT2D eigenvalue weighted by Crippen LogP contribution is -2.66. The Balaban J connectivity index is 1.77. The Kier molecular flexibility index (Phi) is 3.77. The van der Waals surface area contributed by atoms with E-state index in [9.17, 15) is 9.59 Å². The van der Waals surface area contributed by atoms with Crippen LogP contribution in [0.25, 0.3) is 0 Å². The predicted octanol–water partition coefficient (Wildman–Crippen LogP) is 0.953. The summed E-state index contributed by atoms with van der Waals surface area (Å²) in [7, 11) is 0. The van der Waals surface area contributed by atoms with E-state index in [1.165, 1.54) is 6.92 Å². The largest absolute Gasteiger partial charge is 0.466 e. The molecule has 3 aliphatic heterocycles. The van der Waals surface area contributed by atoms with E-state index < -0.39 is 24.3 Å². The molecule has 0 amide bonds. The normalized spacial score (nSPS) is 44.7. The molecule has 0 aromatic heterocycles. The number of fused-ring (bicyclic) bond motifs is 6. The number of carbonyl (C=O) groups is 2. The molecular formula is C14H20O7. The molecule has 0 spiro atoms. The molecule has 0 saturated carbocycles. The molecule has 4 bridgehead atoms. The van der Waals surface area contributed by atoms with Gasteiger partial charge in [0.05, 0.1) is 6.61 Å². The first-order valence-corrected chi connectivity index (χ1v) is 7.28. The second-order valence-corrected chi connectivity index (χ2v) is 5.92. The minimum atomic E-state index is -0.874. The molecular weight excluding hydrogens is 280 g/mol. The standard InChI is InChI=1S/C14H20O7/c1-7-10(16)8(2)14(5-4-6-17-9(3)15)13-18-12(20-21-13)11(7)19-14/h7-8,11-13H,4-6H2,1-3H3/t7-,8+,11-,12-,13+,14+/m1/s1. The molecule has 118 valence electrons. The number of carbonyl (C=O) groups excluding carboxylic acids is 2. The molecule has 3 saturated heterocycles. The van der Waals surface area contributed by atoms with Crippen molar-refractivity contribution < 1.29 is 33.6 Å². The van der Waals surface area contributed by atoms with Crippen LogP contribution in [0, 0.1) is 11.8 Å². The summed E-state index contributed by atoms with van der Waals surface area (Å²) >= 11 is 0. The van der Waals surface area contributed by atoms with Crippen molar-refractivity contribution in [3.63, 3.8) is 0 Å². The van der Waals surface area contributed by atoms with Gasteiger partial charge in [-0.25, -0.2) is 0 Å². The summed E-state index contributed by atoms with van der Waals surface area (Å²) in [6.07, 6.45) is -0.768. The van der Waals surface area contributed by atoms with Crippen molar-refractivity contribution in [3.8, 4) is 0 Å². The van der Waals surface area contributed by atoms with Crippen LogP contribution in [0.5, 0.6) is 0 Å². The SMILES string of the molecule is CC(=O)OCCC[C@@]12O[C@@H]([C@H]3OO[C@@H]1O3)[C@H](C)C(=O)[C@@H]2C. The van der Waals surface area contributed by atoms with E-state index in [1.807, 2.05) is 13.8 Å². The molecule has 0 aromatic carbocycles. The fourth-order valence-electron chi connectivity index (χ4n) is 3.36. The Hall–Kier alpha value is -1.02. The van der Waals surface area contributed by atoms with E-state index in [0.717, 1.165) is 0 Å². The Morgan fingerprint density at radius 3 is 2.81 bits per heavy atom. The first kappa shape index (κ1) is 14.9. The highest BCUT2D eigenvalue weighted by Gasteiger charge is 2.65. The summed E-state index contributed by atoms with van der Waals surface area (Å²) < 4.78 is 16.8. The predicted molar refractivity (Wildman–Crippen MR) is 67.6 cm³/mol. The molecule has 3 heterocycles. The van der Waals surface area contributed by atoms with Crippen LogP contribution in [-0.2, 0) is 33.6 Å². The molecule has 3 fully saturated rings. The van der Waals surface area contributed by atoms with Crippen LogP contribution in [0.1, 0.15) is 33.6 Å². The van der Waals surface area contributed by atoms with Crippen LogP contribution >= 0.6 is 0 Å². The molecule has 0 aliphatic carbocycles. The van der Waals surface area contributed by atoms with Gasteiger partial charge in [0, 0.05) is 18.8 Å². The lowest BCUT2D eigenvalue weighted by Gasteiger charge is -2.51. The Labute approximate surface area is 122 Å². The van der Waals surface area contributed by atoms with Crippen molar-refractivity contribution in [1.29, 1.82) is 0 Å². The summed E-state index contributed by atoms with van der Waals surface area (Å²) in [6.45, 7) is 5.28. The van der Waals surface area contributed by atoms with E-state index in [4.69, 9.17) is 24.0 Å². The number of hydrogen-bond acceptors (Lipinski definition) is 7. The Bertz CT molecular complexity index is 451. The van der Waals surface area contributed by atoms with Gasteiger partial charge in [-0.3, -0.25) is 9.59 Å². The minimum Gasteiger partial charge on any atom is -0.466 e. The number of hydrogen-bond donors (Lipinski definition) is 0. The van der Waals surface area contributed by atoms with Crippen LogP contribution in [0.2, 0.25) is 0 Å². The lowest BCUT2D eigenvalue weighted by molar-refractivity contribution is -0.319. The van der Waals surface area contributed by atoms with Crippen molar-refractivity contribution in [3.05, 3.63) is 0 Å². The molecule has 0 aromatic rings. The number of esters is 1. The molecule has 0 unspecified atom stereocenters. The maximum atomic E-state index is 12.5. The van der Waals surface area contributed by atoms with Gasteiger partial charge in [-0.15, -0.1) is 0 Å². The zero-order valence-electron chi connectivity index (χ0n) is 12.4. The third-order valence-electron chi connectivity index (χ3n) is 4.64. The molecule has 21 heavy (non-hydrogen) atoms. The quantitative estimate of drug-likeness (QED) is 0.434. The summed E-state index contributed by atoms with van der Waals surface area (Å²) in [6, 6.07) is 0. The van der Waals surface area contributed by atoms with E-state index in [2.05, 4.69) is 0 Å². The van der Waals surface area contributed by atoms with Crippen LogP contribution in [0.15, 0.2) is 0 Å². The van der Waals surface area contributed by atoms with Crippen LogP contribution in [-0.4, -0.2) is 42.6 Å². The van der Waals surface area contributed by atoms with Crippen molar-refractivity contribution in [1.82, 2.24) is 0 Å². The number of rotatable bonds is 4. The number of Topliss-reactive ketones (excluding diaryl/α,β-unsaturated/α-hetero) is 1. The van der Waals surface area contributed by atoms with Gasteiger partial charge in [0.1, 0.15) is 17.5 Å². The van der Waals surface area contributed by atoms with Gasteiger partial charge in [0.2, 0.25) is 12.6 Å². The van der Waals surface area contributed by atoms with Gasteiger partial charge in [-0.05, 0) is 12.8 Å². The number of ketones is 1. The van der Waals surface area contributed by atoms with Crippen molar-refractivity contribution in [2.24, 2.45) is 11.8 Å². The van der Waals surface area contributed by atoms with Gasteiger partial charge < -0.3 is 14.2 Å². The zero-order chi connectivity index (χ0) is 15.2. The van der Waals surface area contributed by atoms with Gasteiger partial charge in [-0.2, -0.15) is 9.78 Å². The van der Waals surface area contributed by atoms with Crippen LogP contribution in [0.3, 0.4) is 0 Å². The maximum Gasteiger partial charge on any atom is 0.302 e. The van der Waals surface area contributed by atoms with Crippen molar-refractivity contribution in [2.75, 3.05) is 6.61 Å². The molecule has 0 radical (unpaired) electrons. The highest BCUT2D eigenvalue weighted by molar-refractivity contribution is 5.85. The monoisotopic (exact) mass is 300 g/mol. The summed E-state index contributed by atoms with van der Waals surface area (Å²) in [5, 5.41) is 0. The molecule has 3 aliphatic rings. The highest BCUT2D eigenvalue weighted by Crippen LogP contribution is 2.49. The van der Waals surface area contributed by atoms with Gasteiger partial charge in [-0.1, -0.05) is 13.8 Å². The average Bonchev–Trinajstić information content (AvgIpc) is 2.89. The number of ether oxygens (including phenoxy) is 3. The topological polar surface area (TPSA) is 80.3 Å². The first-order chi connectivity index (χ1) is 9.95.